The van der Waals surface area contributed by atoms with Crippen LogP contribution in [0.2, 0.25) is 0 Å². The van der Waals surface area contributed by atoms with E-state index in [1.54, 1.807) is 0 Å². The molecule has 0 aliphatic carbocycles. The molecule has 2 heteroatoms. The smallest absolute Gasteiger partial charge is 0.0642 e. The first-order valence-electron chi connectivity index (χ1n) is 17.6. The lowest BCUT2D eigenvalue weighted by molar-refractivity contribution is 0.667. The number of nitrogens with zero attached hydrogens (tertiary/aromatic N) is 2. The second-order valence-corrected chi connectivity index (χ2v) is 12.4. The summed E-state index contributed by atoms with van der Waals surface area (Å²) in [6, 6.07) is 33.2. The Bertz CT molecular complexity index is 1530. The predicted octanol–water partition coefficient (Wildman–Crippen LogP) is 13.1. The molecule has 0 radical (unpaired) electrons. The fourth-order valence-corrected chi connectivity index (χ4v) is 6.18. The molecule has 0 bridgehead atoms. The Morgan fingerprint density at radius 1 is 0.511 bits per heavy atom. The van der Waals surface area contributed by atoms with Crippen LogP contribution in [0.1, 0.15) is 109 Å². The summed E-state index contributed by atoms with van der Waals surface area (Å²) in [5.74, 6) is 0. The molecule has 0 atom stereocenters. The highest BCUT2D eigenvalue weighted by Gasteiger charge is 2.14. The number of rotatable bonds is 17. The molecule has 4 rings (SSSR count). The Labute approximate surface area is 273 Å². The minimum Gasteiger partial charge on any atom is -0.252 e. The first-order chi connectivity index (χ1) is 22.1. The monoisotopic (exact) mass is 598 g/mol. The number of hydrogen-bond acceptors (Lipinski definition) is 2. The Balaban J connectivity index is 1.76. The van der Waals surface area contributed by atoms with Crippen LogP contribution >= 0.6 is 0 Å². The molecule has 0 saturated carbocycles. The van der Waals surface area contributed by atoms with E-state index in [0.717, 1.165) is 48.5 Å². The zero-order valence-electron chi connectivity index (χ0n) is 28.5. The summed E-state index contributed by atoms with van der Waals surface area (Å²) in [4.78, 5) is 10.5. The molecule has 0 aliphatic heterocycles. The van der Waals surface area contributed by atoms with Crippen molar-refractivity contribution in [2.45, 2.75) is 112 Å². The third-order valence-electron chi connectivity index (χ3n) is 8.67. The highest BCUT2D eigenvalue weighted by molar-refractivity contribution is 6.42. The van der Waals surface area contributed by atoms with Crippen molar-refractivity contribution in [2.75, 3.05) is 0 Å². The van der Waals surface area contributed by atoms with Gasteiger partial charge < -0.3 is 0 Å². The van der Waals surface area contributed by atoms with Crippen molar-refractivity contribution in [3.63, 3.8) is 0 Å². The van der Waals surface area contributed by atoms with Crippen molar-refractivity contribution in [3.8, 4) is 22.3 Å². The van der Waals surface area contributed by atoms with Gasteiger partial charge in [-0.05, 0) is 115 Å². The van der Waals surface area contributed by atoms with Crippen LogP contribution in [0, 0.1) is 0 Å². The molecule has 0 unspecified atom stereocenters. The molecule has 4 aromatic rings. The van der Waals surface area contributed by atoms with Crippen molar-refractivity contribution in [1.29, 1.82) is 0 Å². The lowest BCUT2D eigenvalue weighted by Crippen LogP contribution is -2.08. The normalized spacial score (nSPS) is 12.1. The Morgan fingerprint density at radius 2 is 1.09 bits per heavy atom. The van der Waals surface area contributed by atoms with Gasteiger partial charge in [0.1, 0.15) is 0 Å². The lowest BCUT2D eigenvalue weighted by Gasteiger charge is -2.17. The summed E-state index contributed by atoms with van der Waals surface area (Å²) in [5, 5.41) is 0. The standard InChI is InChI=1S/C43H54N2/c1-6-10-13-16-27-38-31-41(30-37(22-12-8-3)43(38)36-25-19-15-20-26-36)44-33(5)42(9-4)45-40-29-34(21-11-7-2)28-39(32-40)35-23-17-14-18-24-35/h14-15,17-20,23-26,28-32H,6-13,16,21-22,27H2,1-5H3. The zero-order valence-corrected chi connectivity index (χ0v) is 28.5. The van der Waals surface area contributed by atoms with Gasteiger partial charge in [-0.2, -0.15) is 0 Å². The molecule has 0 heterocycles. The maximum Gasteiger partial charge on any atom is 0.0642 e. The van der Waals surface area contributed by atoms with Gasteiger partial charge in [-0.25, -0.2) is 0 Å². The maximum atomic E-state index is 5.27. The minimum atomic E-state index is 0.837. The molecule has 2 nitrogen and oxygen atoms in total. The van der Waals surface area contributed by atoms with Gasteiger partial charge in [-0.1, -0.05) is 127 Å². The van der Waals surface area contributed by atoms with Crippen molar-refractivity contribution < 1.29 is 0 Å². The van der Waals surface area contributed by atoms with Gasteiger partial charge in [0.15, 0.2) is 0 Å². The minimum absolute atomic E-state index is 0.837. The fraction of sp³-hybridized carbons (Fsp3) is 0.395. The molecule has 45 heavy (non-hydrogen) atoms. The first kappa shape index (κ1) is 34.1. The van der Waals surface area contributed by atoms with E-state index >= 15 is 0 Å². The molecule has 0 N–H and O–H groups in total. The third-order valence-corrected chi connectivity index (χ3v) is 8.67. The van der Waals surface area contributed by atoms with E-state index in [2.05, 4.69) is 126 Å². The van der Waals surface area contributed by atoms with Crippen LogP contribution in [0.15, 0.2) is 101 Å². The van der Waals surface area contributed by atoms with E-state index in [1.165, 1.54) is 90.3 Å². The molecule has 0 aromatic heterocycles. The Hall–Kier alpha value is -3.78. The maximum absolute atomic E-state index is 5.27. The van der Waals surface area contributed by atoms with E-state index in [4.69, 9.17) is 9.98 Å². The summed E-state index contributed by atoms with van der Waals surface area (Å²) in [5.41, 5.74) is 13.6. The van der Waals surface area contributed by atoms with Crippen LogP contribution in [0.4, 0.5) is 11.4 Å². The summed E-state index contributed by atoms with van der Waals surface area (Å²) in [6.45, 7) is 11.2. The molecule has 0 aliphatic rings. The number of unbranched alkanes of at least 4 members (excludes halogenated alkanes) is 5. The zero-order chi connectivity index (χ0) is 31.9. The average Bonchev–Trinajstić information content (AvgIpc) is 3.07. The summed E-state index contributed by atoms with van der Waals surface area (Å²) < 4.78 is 0. The van der Waals surface area contributed by atoms with Gasteiger partial charge in [0.2, 0.25) is 0 Å². The lowest BCUT2D eigenvalue weighted by atomic mass is 9.88. The van der Waals surface area contributed by atoms with Crippen molar-refractivity contribution in [3.05, 3.63) is 108 Å². The van der Waals surface area contributed by atoms with E-state index < -0.39 is 0 Å². The highest BCUT2D eigenvalue weighted by atomic mass is 14.8. The molecular weight excluding hydrogens is 544 g/mol. The number of benzene rings is 4. The average molecular weight is 599 g/mol. The van der Waals surface area contributed by atoms with Gasteiger partial charge in [-0.3, -0.25) is 9.98 Å². The van der Waals surface area contributed by atoms with Gasteiger partial charge in [-0.15, -0.1) is 0 Å². The van der Waals surface area contributed by atoms with Gasteiger partial charge in [0, 0.05) is 0 Å². The molecule has 0 spiro atoms. The van der Waals surface area contributed by atoms with Crippen LogP contribution < -0.4 is 0 Å². The van der Waals surface area contributed by atoms with Crippen molar-refractivity contribution >= 4 is 22.8 Å². The highest BCUT2D eigenvalue weighted by Crippen LogP contribution is 2.35. The topological polar surface area (TPSA) is 24.7 Å². The molecule has 0 amide bonds. The molecule has 0 saturated heterocycles. The SMILES string of the molecule is CCCCCCc1cc(N=C(C)C(CC)=Nc2cc(CCCC)cc(-c3ccccc3)c2)cc(CCCC)c1-c1ccccc1. The number of aliphatic imine (C=N–C) groups is 2. The third kappa shape index (κ3) is 10.1. The van der Waals surface area contributed by atoms with Crippen LogP contribution in [-0.4, -0.2) is 11.4 Å². The van der Waals surface area contributed by atoms with Gasteiger partial charge in [0.25, 0.3) is 0 Å². The van der Waals surface area contributed by atoms with E-state index in [-0.39, 0.29) is 0 Å². The molecule has 0 fully saturated rings. The van der Waals surface area contributed by atoms with Crippen LogP contribution in [-0.2, 0) is 19.3 Å². The van der Waals surface area contributed by atoms with Crippen LogP contribution in [0.25, 0.3) is 22.3 Å². The van der Waals surface area contributed by atoms with Crippen molar-refractivity contribution in [2.24, 2.45) is 9.98 Å². The number of aryl methyl sites for hydroxylation is 3. The molecule has 236 valence electrons. The predicted molar refractivity (Wildman–Crippen MR) is 199 cm³/mol. The van der Waals surface area contributed by atoms with Crippen molar-refractivity contribution in [1.82, 2.24) is 0 Å². The van der Waals surface area contributed by atoms with E-state index in [1.807, 2.05) is 0 Å². The summed E-state index contributed by atoms with van der Waals surface area (Å²) in [7, 11) is 0. The van der Waals surface area contributed by atoms with E-state index in [9.17, 15) is 0 Å². The van der Waals surface area contributed by atoms with Gasteiger partial charge in [0.05, 0.1) is 22.8 Å². The molecule has 4 aromatic carbocycles. The number of hydrogen-bond donors (Lipinski definition) is 0. The second-order valence-electron chi connectivity index (χ2n) is 12.4. The van der Waals surface area contributed by atoms with Crippen LogP contribution in [0.3, 0.4) is 0 Å². The van der Waals surface area contributed by atoms with Gasteiger partial charge >= 0.3 is 0 Å². The fourth-order valence-electron chi connectivity index (χ4n) is 6.18. The first-order valence-corrected chi connectivity index (χ1v) is 17.6. The Kier molecular flexibility index (Phi) is 13.8. The largest absolute Gasteiger partial charge is 0.252 e. The summed E-state index contributed by atoms with van der Waals surface area (Å²) >= 11 is 0. The Morgan fingerprint density at radius 3 is 1.71 bits per heavy atom. The summed E-state index contributed by atoms with van der Waals surface area (Å²) in [6.07, 6.45) is 13.8. The van der Waals surface area contributed by atoms with Crippen LogP contribution in [0.5, 0.6) is 0 Å². The second kappa shape index (κ2) is 18.3. The van der Waals surface area contributed by atoms with E-state index in [0.29, 0.717) is 0 Å². The quantitative estimate of drug-likeness (QED) is 0.0853. The molecular formula is C43H54N2.